The third-order valence-corrected chi connectivity index (χ3v) is 7.71. The van der Waals surface area contributed by atoms with E-state index in [0.29, 0.717) is 23.2 Å². The lowest BCUT2D eigenvalue weighted by Crippen LogP contribution is -2.53. The third-order valence-electron chi connectivity index (χ3n) is 6.59. The fourth-order valence-corrected chi connectivity index (χ4v) is 5.21. The van der Waals surface area contributed by atoms with E-state index in [1.54, 1.807) is 31.4 Å². The first kappa shape index (κ1) is 29.0. The molecule has 3 aromatic rings. The van der Waals surface area contributed by atoms with Crippen molar-refractivity contribution in [2.45, 2.75) is 52.2 Å². The second-order valence-corrected chi connectivity index (χ2v) is 11.3. The molecule has 0 saturated heterocycles. The fourth-order valence-electron chi connectivity index (χ4n) is 4.35. The molecular weight excluding hydrogens is 502 g/mol. The molecule has 0 heterocycles. The second-order valence-electron chi connectivity index (χ2n) is 9.38. The molecule has 2 atom stereocenters. The van der Waals surface area contributed by atoms with Crippen LogP contribution >= 0.6 is 0 Å². The van der Waals surface area contributed by atoms with E-state index in [9.17, 15) is 18.0 Å². The van der Waals surface area contributed by atoms with Crippen molar-refractivity contribution in [2.75, 3.05) is 24.2 Å². The quantitative estimate of drug-likeness (QED) is 0.370. The molecule has 9 heteroatoms. The van der Waals surface area contributed by atoms with Gasteiger partial charge in [-0.15, -0.1) is 0 Å². The average Bonchev–Trinajstić information content (AvgIpc) is 2.90. The number of carbonyl (C=O) groups excluding carboxylic acids is 2. The van der Waals surface area contributed by atoms with Gasteiger partial charge in [-0.05, 0) is 48.9 Å². The molecule has 0 aromatic heterocycles. The van der Waals surface area contributed by atoms with E-state index in [1.807, 2.05) is 63.2 Å². The molecule has 3 rings (SSSR count). The number of sulfonamides is 1. The fraction of sp³-hybridized carbons (Fsp3) is 0.379. The number of fused-ring (bicyclic) bond motifs is 1. The molecule has 38 heavy (non-hydrogen) atoms. The van der Waals surface area contributed by atoms with Crippen LogP contribution in [-0.4, -0.2) is 57.1 Å². The van der Waals surface area contributed by atoms with Gasteiger partial charge in [0, 0.05) is 18.0 Å². The van der Waals surface area contributed by atoms with Crippen LogP contribution in [0.1, 0.15) is 39.2 Å². The molecule has 0 saturated carbocycles. The number of hydrogen-bond acceptors (Lipinski definition) is 5. The summed E-state index contributed by atoms with van der Waals surface area (Å²) in [6.07, 6.45) is 2.20. The predicted octanol–water partition coefficient (Wildman–Crippen LogP) is 4.34. The van der Waals surface area contributed by atoms with Gasteiger partial charge in [0.15, 0.2) is 0 Å². The standard InChI is InChI=1S/C29H37N3O5S/c1-6-21(3)30-29(34)26(7-2)31(19-22-12-10-15-24(18-22)37-4)28(33)20-32(38(5,35)36)27-17-11-14-23-13-8-9-16-25(23)27/h8-18,21,26H,6-7,19-20H2,1-5H3,(H,30,34)/t21-,26+/m0/s1. The van der Waals surface area contributed by atoms with Crippen molar-refractivity contribution in [3.05, 3.63) is 72.3 Å². The number of nitrogens with zero attached hydrogens (tertiary/aromatic N) is 2. The van der Waals surface area contributed by atoms with Gasteiger partial charge in [-0.25, -0.2) is 8.42 Å². The summed E-state index contributed by atoms with van der Waals surface area (Å²) in [5, 5.41) is 4.55. The maximum Gasteiger partial charge on any atom is 0.244 e. The van der Waals surface area contributed by atoms with E-state index in [1.165, 1.54) is 4.90 Å². The molecule has 1 N–H and O–H groups in total. The molecule has 0 aliphatic rings. The van der Waals surface area contributed by atoms with E-state index >= 15 is 0 Å². The molecule has 0 fully saturated rings. The molecule has 0 aliphatic heterocycles. The summed E-state index contributed by atoms with van der Waals surface area (Å²) in [6, 6.07) is 19.2. The Kier molecular flexibility index (Phi) is 9.74. The van der Waals surface area contributed by atoms with Crippen molar-refractivity contribution >= 4 is 38.3 Å². The number of ether oxygens (including phenoxy) is 1. The summed E-state index contributed by atoms with van der Waals surface area (Å²) in [5.74, 6) is -0.119. The molecule has 0 radical (unpaired) electrons. The second kappa shape index (κ2) is 12.8. The number of methoxy groups -OCH3 is 1. The highest BCUT2D eigenvalue weighted by molar-refractivity contribution is 7.92. The van der Waals surface area contributed by atoms with Crippen molar-refractivity contribution in [1.82, 2.24) is 10.2 Å². The largest absolute Gasteiger partial charge is 0.497 e. The minimum Gasteiger partial charge on any atom is -0.497 e. The minimum absolute atomic E-state index is 0.0616. The topological polar surface area (TPSA) is 96.0 Å². The summed E-state index contributed by atoms with van der Waals surface area (Å²) < 4.78 is 32.4. The number of carbonyl (C=O) groups is 2. The summed E-state index contributed by atoms with van der Waals surface area (Å²) in [5.41, 5.74) is 1.18. The number of nitrogens with one attached hydrogen (secondary N) is 1. The molecule has 0 aliphatic carbocycles. The number of hydrogen-bond donors (Lipinski definition) is 1. The van der Waals surface area contributed by atoms with Gasteiger partial charge in [0.2, 0.25) is 21.8 Å². The summed E-state index contributed by atoms with van der Waals surface area (Å²) in [7, 11) is -2.27. The highest BCUT2D eigenvalue weighted by Gasteiger charge is 2.32. The minimum atomic E-state index is -3.83. The smallest absolute Gasteiger partial charge is 0.244 e. The van der Waals surface area contributed by atoms with Crippen molar-refractivity contribution in [3.63, 3.8) is 0 Å². The van der Waals surface area contributed by atoms with Crippen molar-refractivity contribution in [2.24, 2.45) is 0 Å². The van der Waals surface area contributed by atoms with Gasteiger partial charge in [0.1, 0.15) is 18.3 Å². The van der Waals surface area contributed by atoms with Crippen molar-refractivity contribution in [3.8, 4) is 5.75 Å². The molecule has 204 valence electrons. The molecular formula is C29H37N3O5S. The number of anilines is 1. The van der Waals surface area contributed by atoms with Gasteiger partial charge in [0.25, 0.3) is 0 Å². The summed E-state index contributed by atoms with van der Waals surface area (Å²) >= 11 is 0. The van der Waals surface area contributed by atoms with Crippen LogP contribution in [0.25, 0.3) is 10.8 Å². The zero-order valence-electron chi connectivity index (χ0n) is 22.7. The molecule has 8 nitrogen and oxygen atoms in total. The van der Waals surface area contributed by atoms with Gasteiger partial charge in [0.05, 0.1) is 19.1 Å². The van der Waals surface area contributed by atoms with Crippen LogP contribution in [0.4, 0.5) is 5.69 Å². The van der Waals surface area contributed by atoms with Crippen LogP contribution in [-0.2, 0) is 26.2 Å². The van der Waals surface area contributed by atoms with Gasteiger partial charge in [-0.1, -0.05) is 62.4 Å². The first-order valence-corrected chi connectivity index (χ1v) is 14.6. The van der Waals surface area contributed by atoms with Crippen molar-refractivity contribution in [1.29, 1.82) is 0 Å². The van der Waals surface area contributed by atoms with E-state index in [-0.39, 0.29) is 18.5 Å². The lowest BCUT2D eigenvalue weighted by Gasteiger charge is -2.33. The van der Waals surface area contributed by atoms with Gasteiger partial charge in [-0.3, -0.25) is 13.9 Å². The van der Waals surface area contributed by atoms with Crippen LogP contribution in [0.15, 0.2) is 66.7 Å². The van der Waals surface area contributed by atoms with E-state index in [0.717, 1.165) is 27.9 Å². The average molecular weight is 540 g/mol. The molecule has 0 spiro atoms. The van der Waals surface area contributed by atoms with E-state index in [2.05, 4.69) is 5.32 Å². The number of rotatable bonds is 12. The maximum absolute atomic E-state index is 13.9. The zero-order chi connectivity index (χ0) is 27.9. The first-order valence-electron chi connectivity index (χ1n) is 12.8. The van der Waals surface area contributed by atoms with Crippen LogP contribution in [0, 0.1) is 0 Å². The normalized spacial score (nSPS) is 13.0. The summed E-state index contributed by atoms with van der Waals surface area (Å²) in [4.78, 5) is 28.7. The number of benzene rings is 3. The number of amides is 2. The first-order chi connectivity index (χ1) is 18.1. The Balaban J connectivity index is 2.03. The SMILES string of the molecule is CC[C@H](C(=O)N[C@@H](C)CC)N(Cc1cccc(OC)c1)C(=O)CN(c1cccc2ccccc12)S(C)(=O)=O. The van der Waals surface area contributed by atoms with Gasteiger partial charge < -0.3 is 15.0 Å². The van der Waals surface area contributed by atoms with Crippen LogP contribution in [0.5, 0.6) is 5.75 Å². The highest BCUT2D eigenvalue weighted by Crippen LogP contribution is 2.29. The Morgan fingerprint density at radius 1 is 0.974 bits per heavy atom. The van der Waals surface area contributed by atoms with Gasteiger partial charge >= 0.3 is 0 Å². The lowest BCUT2D eigenvalue weighted by atomic mass is 10.1. The highest BCUT2D eigenvalue weighted by atomic mass is 32.2. The Morgan fingerprint density at radius 3 is 2.32 bits per heavy atom. The molecule has 0 bridgehead atoms. The van der Waals surface area contributed by atoms with Crippen LogP contribution < -0.4 is 14.4 Å². The van der Waals surface area contributed by atoms with E-state index < -0.39 is 28.5 Å². The molecule has 2 amide bonds. The third kappa shape index (κ3) is 7.04. The summed E-state index contributed by atoms with van der Waals surface area (Å²) in [6.45, 7) is 5.40. The molecule has 0 unspecified atom stereocenters. The van der Waals surface area contributed by atoms with Gasteiger partial charge in [-0.2, -0.15) is 0 Å². The monoisotopic (exact) mass is 539 g/mol. The Morgan fingerprint density at radius 2 is 1.66 bits per heavy atom. The Hall–Kier alpha value is -3.59. The molecule has 3 aromatic carbocycles. The Bertz CT molecular complexity index is 1370. The predicted molar refractivity (Wildman–Crippen MR) is 152 cm³/mol. The van der Waals surface area contributed by atoms with Crippen LogP contribution in [0.3, 0.4) is 0 Å². The lowest BCUT2D eigenvalue weighted by molar-refractivity contribution is -0.140. The Labute approximate surface area is 225 Å². The maximum atomic E-state index is 13.9. The zero-order valence-corrected chi connectivity index (χ0v) is 23.5. The van der Waals surface area contributed by atoms with E-state index in [4.69, 9.17) is 4.74 Å². The van der Waals surface area contributed by atoms with Crippen molar-refractivity contribution < 1.29 is 22.7 Å². The van der Waals surface area contributed by atoms with Crippen LogP contribution in [0.2, 0.25) is 0 Å².